The van der Waals surface area contributed by atoms with Crippen LogP contribution < -0.4 is 0 Å². The number of hydrogen-bond acceptors (Lipinski definition) is 4. The van der Waals surface area contributed by atoms with Gasteiger partial charge >= 0.3 is 0 Å². The van der Waals surface area contributed by atoms with Crippen molar-refractivity contribution in [2.75, 3.05) is 26.8 Å². The molecule has 0 aliphatic heterocycles. The Morgan fingerprint density at radius 2 is 1.90 bits per heavy atom. The van der Waals surface area contributed by atoms with Gasteiger partial charge in [-0.2, -0.15) is 5.26 Å². The van der Waals surface area contributed by atoms with Gasteiger partial charge in [-0.3, -0.25) is 9.69 Å². The number of rotatable bonds is 9. The predicted molar refractivity (Wildman–Crippen MR) is 83.3 cm³/mol. The molecule has 0 aromatic heterocycles. The largest absolute Gasteiger partial charge is 0.383 e. The van der Waals surface area contributed by atoms with Crippen LogP contribution in [0.5, 0.6) is 0 Å². The molecule has 21 heavy (non-hydrogen) atoms. The molecule has 0 amide bonds. The molecule has 0 atom stereocenters. The number of nitrogens with zero attached hydrogens (tertiary/aromatic N) is 2. The van der Waals surface area contributed by atoms with Gasteiger partial charge in [0.2, 0.25) is 0 Å². The van der Waals surface area contributed by atoms with E-state index >= 15 is 0 Å². The number of benzene rings is 1. The van der Waals surface area contributed by atoms with Crippen molar-refractivity contribution in [1.29, 1.82) is 5.26 Å². The van der Waals surface area contributed by atoms with Crippen LogP contribution in [0.2, 0.25) is 0 Å². The fraction of sp³-hybridized carbons (Fsp3) is 0.529. The molecular formula is C17H24N2O2. The average molecular weight is 288 g/mol. The Bertz CT molecular complexity index is 473. The smallest absolute Gasteiger partial charge is 0.176 e. The third-order valence-corrected chi connectivity index (χ3v) is 3.72. The van der Waals surface area contributed by atoms with Crippen molar-refractivity contribution in [3.8, 4) is 6.07 Å². The third-order valence-electron chi connectivity index (χ3n) is 3.72. The fourth-order valence-electron chi connectivity index (χ4n) is 2.41. The van der Waals surface area contributed by atoms with Crippen molar-refractivity contribution in [1.82, 2.24) is 4.90 Å². The van der Waals surface area contributed by atoms with Gasteiger partial charge in [0, 0.05) is 25.3 Å². The zero-order chi connectivity index (χ0) is 15.7. The predicted octanol–water partition coefficient (Wildman–Crippen LogP) is 2.88. The number of Topliss-reactive ketones (excluding diaryl/α,β-unsaturated/α-hetero) is 1. The van der Waals surface area contributed by atoms with Gasteiger partial charge in [0.15, 0.2) is 5.78 Å². The van der Waals surface area contributed by atoms with Crippen molar-refractivity contribution < 1.29 is 9.53 Å². The number of hydrogen-bond donors (Lipinski definition) is 0. The van der Waals surface area contributed by atoms with Crippen molar-refractivity contribution in [2.24, 2.45) is 0 Å². The number of methoxy groups -OCH3 is 1. The van der Waals surface area contributed by atoms with E-state index in [1.54, 1.807) is 31.4 Å². The standard InChI is InChI=1S/C17H24N2O2/c1-4-16(5-2)19(10-11-21-3)13-17(20)15-8-6-14(12-18)7-9-15/h6-9,16H,4-5,10-11,13H2,1-3H3. The first-order valence-electron chi connectivity index (χ1n) is 7.42. The second-order valence-corrected chi connectivity index (χ2v) is 5.05. The number of carbonyl (C=O) groups excluding carboxylic acids is 1. The van der Waals surface area contributed by atoms with E-state index in [2.05, 4.69) is 24.8 Å². The SMILES string of the molecule is CCC(CC)N(CCOC)CC(=O)c1ccc(C#N)cc1. The van der Waals surface area contributed by atoms with Crippen LogP contribution in [0.4, 0.5) is 0 Å². The van der Waals surface area contributed by atoms with Gasteiger partial charge in [0.25, 0.3) is 0 Å². The minimum absolute atomic E-state index is 0.0856. The molecule has 0 aliphatic rings. The molecule has 0 aliphatic carbocycles. The number of ether oxygens (including phenoxy) is 1. The Morgan fingerprint density at radius 3 is 2.38 bits per heavy atom. The lowest BCUT2D eigenvalue weighted by molar-refractivity contribution is 0.0811. The molecule has 0 bridgehead atoms. The van der Waals surface area contributed by atoms with Gasteiger partial charge in [-0.05, 0) is 25.0 Å². The number of ketones is 1. The van der Waals surface area contributed by atoms with E-state index in [0.29, 0.717) is 30.3 Å². The van der Waals surface area contributed by atoms with E-state index in [-0.39, 0.29) is 5.78 Å². The molecule has 114 valence electrons. The van der Waals surface area contributed by atoms with E-state index in [1.165, 1.54) is 0 Å². The summed E-state index contributed by atoms with van der Waals surface area (Å²) < 4.78 is 5.14. The summed E-state index contributed by atoms with van der Waals surface area (Å²) in [6.07, 6.45) is 2.03. The van der Waals surface area contributed by atoms with Crippen LogP contribution in [-0.2, 0) is 4.74 Å². The fourth-order valence-corrected chi connectivity index (χ4v) is 2.41. The Hall–Kier alpha value is -1.70. The lowest BCUT2D eigenvalue weighted by Crippen LogP contribution is -2.40. The lowest BCUT2D eigenvalue weighted by atomic mass is 10.1. The molecule has 0 radical (unpaired) electrons. The minimum Gasteiger partial charge on any atom is -0.383 e. The third kappa shape index (κ3) is 5.30. The van der Waals surface area contributed by atoms with Crippen LogP contribution in [0.1, 0.15) is 42.6 Å². The highest BCUT2D eigenvalue weighted by atomic mass is 16.5. The summed E-state index contributed by atoms with van der Waals surface area (Å²) in [5.41, 5.74) is 1.23. The molecule has 0 spiro atoms. The molecule has 4 heteroatoms. The van der Waals surface area contributed by atoms with E-state index in [9.17, 15) is 4.79 Å². The molecule has 0 saturated carbocycles. The summed E-state index contributed by atoms with van der Waals surface area (Å²) in [5.74, 6) is 0.0856. The summed E-state index contributed by atoms with van der Waals surface area (Å²) in [5, 5.41) is 8.79. The Kier molecular flexibility index (Phi) is 7.66. The summed E-state index contributed by atoms with van der Waals surface area (Å²) in [4.78, 5) is 14.6. The second-order valence-electron chi connectivity index (χ2n) is 5.05. The van der Waals surface area contributed by atoms with Crippen molar-refractivity contribution in [3.05, 3.63) is 35.4 Å². The molecule has 1 aromatic rings. The van der Waals surface area contributed by atoms with E-state index in [0.717, 1.165) is 19.4 Å². The van der Waals surface area contributed by atoms with Crippen molar-refractivity contribution >= 4 is 5.78 Å². The van der Waals surface area contributed by atoms with Crippen LogP contribution >= 0.6 is 0 Å². The van der Waals surface area contributed by atoms with Crippen LogP contribution in [-0.4, -0.2) is 43.5 Å². The lowest BCUT2D eigenvalue weighted by Gasteiger charge is -2.29. The molecule has 0 fully saturated rings. The van der Waals surface area contributed by atoms with Gasteiger partial charge in [-0.1, -0.05) is 26.0 Å². The monoisotopic (exact) mass is 288 g/mol. The molecule has 0 N–H and O–H groups in total. The van der Waals surface area contributed by atoms with Crippen LogP contribution in [0.25, 0.3) is 0 Å². The Morgan fingerprint density at radius 1 is 1.29 bits per heavy atom. The van der Waals surface area contributed by atoms with Crippen molar-refractivity contribution in [2.45, 2.75) is 32.7 Å². The number of carbonyl (C=O) groups is 1. The summed E-state index contributed by atoms with van der Waals surface area (Å²) in [7, 11) is 1.67. The van der Waals surface area contributed by atoms with Crippen molar-refractivity contribution in [3.63, 3.8) is 0 Å². The highest BCUT2D eigenvalue weighted by Gasteiger charge is 2.18. The Balaban J connectivity index is 2.76. The van der Waals surface area contributed by atoms with Crippen LogP contribution in [0, 0.1) is 11.3 Å². The summed E-state index contributed by atoms with van der Waals surface area (Å²) in [6.45, 7) is 6.05. The van der Waals surface area contributed by atoms with Gasteiger partial charge in [0.1, 0.15) is 0 Å². The van der Waals surface area contributed by atoms with E-state index in [1.807, 2.05) is 0 Å². The summed E-state index contributed by atoms with van der Waals surface area (Å²) in [6, 6.07) is 9.27. The molecule has 1 aromatic carbocycles. The molecule has 4 nitrogen and oxygen atoms in total. The maximum absolute atomic E-state index is 12.4. The average Bonchev–Trinajstić information content (AvgIpc) is 2.53. The maximum atomic E-state index is 12.4. The number of nitriles is 1. The van der Waals surface area contributed by atoms with Crippen LogP contribution in [0.3, 0.4) is 0 Å². The highest BCUT2D eigenvalue weighted by molar-refractivity contribution is 5.97. The topological polar surface area (TPSA) is 53.3 Å². The molecule has 1 rings (SSSR count). The normalized spacial score (nSPS) is 10.9. The van der Waals surface area contributed by atoms with Gasteiger partial charge in [-0.25, -0.2) is 0 Å². The second kappa shape index (κ2) is 9.28. The maximum Gasteiger partial charge on any atom is 0.176 e. The molecule has 0 heterocycles. The first-order chi connectivity index (χ1) is 10.2. The van der Waals surface area contributed by atoms with E-state index in [4.69, 9.17) is 10.00 Å². The highest BCUT2D eigenvalue weighted by Crippen LogP contribution is 2.11. The van der Waals surface area contributed by atoms with Gasteiger partial charge in [-0.15, -0.1) is 0 Å². The van der Waals surface area contributed by atoms with Gasteiger partial charge in [0.05, 0.1) is 24.8 Å². The zero-order valence-corrected chi connectivity index (χ0v) is 13.1. The van der Waals surface area contributed by atoms with E-state index < -0.39 is 0 Å². The van der Waals surface area contributed by atoms with Crippen LogP contribution in [0.15, 0.2) is 24.3 Å². The first kappa shape index (κ1) is 17.4. The quantitative estimate of drug-likeness (QED) is 0.656. The molecular weight excluding hydrogens is 264 g/mol. The summed E-state index contributed by atoms with van der Waals surface area (Å²) >= 11 is 0. The Labute approximate surface area is 127 Å². The first-order valence-corrected chi connectivity index (χ1v) is 7.42. The molecule has 0 unspecified atom stereocenters. The zero-order valence-electron chi connectivity index (χ0n) is 13.1. The molecule has 0 saturated heterocycles. The van der Waals surface area contributed by atoms with Gasteiger partial charge < -0.3 is 4.74 Å². The minimum atomic E-state index is 0.0856.